The van der Waals surface area contributed by atoms with E-state index in [1.54, 1.807) is 12.2 Å². The molecule has 8 fully saturated rings. The molecule has 0 aromatic carbocycles. The molecule has 0 amide bonds. The predicted molar refractivity (Wildman–Crippen MR) is 283 cm³/mol. The van der Waals surface area contributed by atoms with Crippen LogP contribution in [0.1, 0.15) is 77.0 Å². The smallest absolute Gasteiger partial charge is 0.330 e. The van der Waals surface area contributed by atoms with Crippen molar-refractivity contribution in [2.24, 2.45) is 23.7 Å². The number of fused-ring (bicyclic) bond motifs is 1. The molecule has 8 aliphatic rings. The minimum Gasteiger partial charge on any atom is -0.481 e. The van der Waals surface area contributed by atoms with Crippen LogP contribution in [0.4, 0.5) is 0 Å². The van der Waals surface area contributed by atoms with Gasteiger partial charge in [0.15, 0.2) is 18.9 Å². The Kier molecular flexibility index (Phi) is 24.8. The number of aliphatic hydroxyl groups excluding tert-OH is 14. The monoisotopic (exact) mass is 1250 g/mol. The predicted octanol–water partition coefficient (Wildman–Crippen LogP) is -5.81. The highest BCUT2D eigenvalue weighted by atomic mass is 16.8. The van der Waals surface area contributed by atoms with E-state index in [1.165, 1.54) is 14.2 Å². The Morgan fingerprint density at radius 2 is 0.920 bits per heavy atom. The summed E-state index contributed by atoms with van der Waals surface area (Å²) in [5.41, 5.74) is 0. The lowest BCUT2D eigenvalue weighted by Crippen LogP contribution is -2.66. The fourth-order valence-electron chi connectivity index (χ4n) is 13.1. The Balaban J connectivity index is 1.05. The number of rotatable bonds is 21. The molecule has 0 aromatic rings. The van der Waals surface area contributed by atoms with Crippen LogP contribution in [0.5, 0.6) is 0 Å². The first-order valence-electron chi connectivity index (χ1n) is 29.6. The molecule has 4 aliphatic heterocycles. The van der Waals surface area contributed by atoms with E-state index in [0.717, 1.165) is 12.2 Å². The van der Waals surface area contributed by atoms with Crippen molar-refractivity contribution in [1.29, 1.82) is 0 Å². The molecule has 0 radical (unpaired) electrons. The molecule has 0 bridgehead atoms. The number of ether oxygens (including phenoxy) is 12. The molecule has 496 valence electrons. The largest absolute Gasteiger partial charge is 0.481 e. The van der Waals surface area contributed by atoms with Gasteiger partial charge in [0.25, 0.3) is 0 Å². The standard InChI is InChI=1S/C56H86O31/c1-76-33-11-22(3-7-27(33)58)5-9-40(64)78-19-36-44(68)48(72)51(75)55(85-36)87-53-49(73)46(70)38(20-79-41(65)10-6-23-4-8-28(59)34(12-23)77-2)86-56(53)83-35-17-26-31(81-52(35)24-13-29(60)43(67)30(61)14-24)15-25(57)16-32(26)82-54-50(74)47(71)45(69)37(84-54)21-80-42(66)18-39(62)63/h5-6,9-10,22-38,43-61,67-75H,3-4,7-8,11-21H2,1-2H3,(H,62,63)/t22?,23?,24?,25?,26?,27?,28?,29?,30?,31?,32?,33?,34?,35?,36-,37-,38-,43?,44-,45-,46-,47+,48+,49+,50-,51-,52?,53-,54-,55+,56-/m1/s1. The lowest BCUT2D eigenvalue weighted by Gasteiger charge is -2.53. The van der Waals surface area contributed by atoms with Gasteiger partial charge in [0, 0.05) is 38.7 Å². The van der Waals surface area contributed by atoms with Crippen LogP contribution in [0, 0.1) is 23.7 Å². The lowest BCUT2D eigenvalue weighted by atomic mass is 9.72. The van der Waals surface area contributed by atoms with Gasteiger partial charge < -0.3 is 133 Å². The summed E-state index contributed by atoms with van der Waals surface area (Å²) in [5, 5.41) is 164. The summed E-state index contributed by atoms with van der Waals surface area (Å²) in [6.45, 7) is -2.25. The van der Waals surface area contributed by atoms with Crippen LogP contribution in [0.25, 0.3) is 0 Å². The molecule has 4 aliphatic carbocycles. The number of esters is 3. The summed E-state index contributed by atoms with van der Waals surface area (Å²) in [5.74, 6) is -6.58. The van der Waals surface area contributed by atoms with Crippen LogP contribution in [-0.4, -0.2) is 300 Å². The van der Waals surface area contributed by atoms with E-state index in [0.29, 0.717) is 38.5 Å². The van der Waals surface area contributed by atoms with Gasteiger partial charge in [0.2, 0.25) is 0 Å². The van der Waals surface area contributed by atoms with E-state index >= 15 is 0 Å². The van der Waals surface area contributed by atoms with Gasteiger partial charge in [-0.15, -0.1) is 0 Å². The van der Waals surface area contributed by atoms with E-state index < -0.39 is 227 Å². The third-order valence-electron chi connectivity index (χ3n) is 18.1. The van der Waals surface area contributed by atoms with Crippen LogP contribution in [0.3, 0.4) is 0 Å². The first-order chi connectivity index (χ1) is 41.3. The SMILES string of the molecule is COC1CC(C=CC(=O)OC[C@H]2O[C@@H](O[C@H]3[C@H](OC4CC5C(CC(O)CC5O[C@@H]5O[C@H](COC(=O)CC(=O)O)[C@@H](O)[C@H](O)[C@H]5O)OC4C4CC(O)C(O)C(O)C4)O[C@H](COC(=O)C=CC4CCC(O)C(OC)C4)[C@@H](O)[C@@H]3O)[C@H](O)[C@@H](O)[C@@H]2O)CCC1O. The van der Waals surface area contributed by atoms with Crippen molar-refractivity contribution in [3.63, 3.8) is 0 Å². The Morgan fingerprint density at radius 1 is 0.448 bits per heavy atom. The minimum absolute atomic E-state index is 0.0575. The highest BCUT2D eigenvalue weighted by molar-refractivity contribution is 5.90. The maximum absolute atomic E-state index is 13.2. The summed E-state index contributed by atoms with van der Waals surface area (Å²) in [6.07, 6.45) is -35.0. The number of allylic oxidation sites excluding steroid dienone is 2. The highest BCUT2D eigenvalue weighted by Crippen LogP contribution is 2.46. The summed E-state index contributed by atoms with van der Waals surface area (Å²) >= 11 is 0. The van der Waals surface area contributed by atoms with Gasteiger partial charge in [0.05, 0.1) is 67.1 Å². The molecule has 4 saturated heterocycles. The van der Waals surface area contributed by atoms with Gasteiger partial charge in [-0.25, -0.2) is 9.59 Å². The van der Waals surface area contributed by atoms with E-state index in [1.807, 2.05) is 0 Å². The first-order valence-corrected chi connectivity index (χ1v) is 29.6. The molecular formula is C56H86O31. The normalized spacial score (nSPS) is 46.4. The molecule has 15 N–H and O–H groups in total. The van der Waals surface area contributed by atoms with Gasteiger partial charge >= 0.3 is 23.9 Å². The van der Waals surface area contributed by atoms with Crippen LogP contribution in [0.15, 0.2) is 24.3 Å². The maximum Gasteiger partial charge on any atom is 0.330 e. The van der Waals surface area contributed by atoms with Crippen LogP contribution >= 0.6 is 0 Å². The van der Waals surface area contributed by atoms with Gasteiger partial charge in [-0.3, -0.25) is 9.59 Å². The second-order valence-corrected chi connectivity index (χ2v) is 24.1. The molecule has 8 rings (SSSR count). The fourth-order valence-corrected chi connectivity index (χ4v) is 13.1. The summed E-state index contributed by atoms with van der Waals surface area (Å²) in [4.78, 5) is 49.4. The number of carbonyl (C=O) groups is 4. The third-order valence-corrected chi connectivity index (χ3v) is 18.1. The number of methoxy groups -OCH3 is 2. The Labute approximate surface area is 499 Å². The number of carboxylic acids is 1. The van der Waals surface area contributed by atoms with Gasteiger partial charge in [0.1, 0.15) is 106 Å². The van der Waals surface area contributed by atoms with Crippen molar-refractivity contribution in [2.45, 2.75) is 242 Å². The van der Waals surface area contributed by atoms with Gasteiger partial charge in [-0.05, 0) is 82.0 Å². The van der Waals surface area contributed by atoms with E-state index in [4.69, 9.17) is 61.9 Å². The highest BCUT2D eigenvalue weighted by Gasteiger charge is 2.57. The molecule has 31 heteroatoms. The van der Waals surface area contributed by atoms with Crippen molar-refractivity contribution in [2.75, 3.05) is 34.0 Å². The summed E-state index contributed by atoms with van der Waals surface area (Å²) in [7, 11) is 2.92. The number of hydrogen-bond acceptors (Lipinski definition) is 30. The summed E-state index contributed by atoms with van der Waals surface area (Å²) < 4.78 is 70.4. The molecule has 0 aromatic heterocycles. The number of aliphatic carboxylic acids is 1. The van der Waals surface area contributed by atoms with Crippen molar-refractivity contribution >= 4 is 23.9 Å². The third kappa shape index (κ3) is 17.3. The van der Waals surface area contributed by atoms with Crippen LogP contribution in [-0.2, 0) is 76.0 Å². The molecule has 87 heavy (non-hydrogen) atoms. The van der Waals surface area contributed by atoms with Crippen molar-refractivity contribution < 1.29 is 153 Å². The number of carboxylic acid groups (broad SMARTS) is 1. The molecule has 0 spiro atoms. The average Bonchev–Trinajstić information content (AvgIpc) is 1.41. The van der Waals surface area contributed by atoms with E-state index in [2.05, 4.69) is 0 Å². The van der Waals surface area contributed by atoms with Crippen molar-refractivity contribution in [3.8, 4) is 0 Å². The zero-order valence-corrected chi connectivity index (χ0v) is 48.1. The second kappa shape index (κ2) is 31.2. The first kappa shape index (κ1) is 69.3. The van der Waals surface area contributed by atoms with Gasteiger partial charge in [-0.2, -0.15) is 0 Å². The molecule has 31 nitrogen and oxygen atoms in total. The van der Waals surface area contributed by atoms with Crippen LogP contribution < -0.4 is 0 Å². The lowest BCUT2D eigenvalue weighted by molar-refractivity contribution is -0.380. The topological polar surface area (TPSA) is 482 Å². The Hall–Kier alpha value is -3.56. The van der Waals surface area contributed by atoms with E-state index in [9.17, 15) is 90.7 Å². The number of carbonyl (C=O) groups excluding carboxylic acids is 3. The molecule has 29 atom stereocenters. The molecular weight excluding hydrogens is 1170 g/mol. The second-order valence-electron chi connectivity index (χ2n) is 24.1. The van der Waals surface area contributed by atoms with E-state index in [-0.39, 0.29) is 43.9 Å². The minimum atomic E-state index is -2.12. The van der Waals surface area contributed by atoms with Crippen molar-refractivity contribution in [1.82, 2.24) is 0 Å². The zero-order chi connectivity index (χ0) is 63.1. The van der Waals surface area contributed by atoms with Crippen molar-refractivity contribution in [3.05, 3.63) is 24.3 Å². The average molecular weight is 1260 g/mol. The number of hydrogen-bond donors (Lipinski definition) is 15. The fraction of sp³-hybridized carbons (Fsp3) is 0.857. The quantitative estimate of drug-likeness (QED) is 0.0220. The Morgan fingerprint density at radius 3 is 1.43 bits per heavy atom. The molecule has 4 saturated carbocycles. The zero-order valence-electron chi connectivity index (χ0n) is 48.1. The van der Waals surface area contributed by atoms with Gasteiger partial charge in [-0.1, -0.05) is 12.2 Å². The molecule has 4 heterocycles. The van der Waals surface area contributed by atoms with Crippen LogP contribution in [0.2, 0.25) is 0 Å². The Bertz CT molecular complexity index is 2280. The summed E-state index contributed by atoms with van der Waals surface area (Å²) in [6, 6.07) is 0. The maximum atomic E-state index is 13.2. The number of aliphatic hydroxyl groups is 14. The molecule has 14 unspecified atom stereocenters.